The molecule has 0 aliphatic rings. The standard InChI is InChI=1S/C16H27N3O/c1-12(15(2,3)4)19(5)11-16(18,14(17)20)13-9-7-6-8-10-13/h6-10,12H,11,18H2,1-5H3,(H2,17,20). The van der Waals surface area contributed by atoms with Crippen LogP contribution in [0.15, 0.2) is 30.3 Å². The van der Waals surface area contributed by atoms with E-state index < -0.39 is 11.4 Å². The average molecular weight is 277 g/mol. The summed E-state index contributed by atoms with van der Waals surface area (Å²) in [6.45, 7) is 9.02. The van der Waals surface area contributed by atoms with Crippen LogP contribution in [0.5, 0.6) is 0 Å². The predicted molar refractivity (Wildman–Crippen MR) is 83.0 cm³/mol. The molecule has 0 aliphatic heterocycles. The van der Waals surface area contributed by atoms with Gasteiger partial charge in [-0.2, -0.15) is 0 Å². The minimum absolute atomic E-state index is 0.101. The number of benzene rings is 1. The van der Waals surface area contributed by atoms with Crippen molar-refractivity contribution >= 4 is 5.91 Å². The lowest BCUT2D eigenvalue weighted by molar-refractivity contribution is -0.124. The van der Waals surface area contributed by atoms with Crippen LogP contribution < -0.4 is 11.5 Å². The monoisotopic (exact) mass is 277 g/mol. The normalized spacial score (nSPS) is 16.8. The van der Waals surface area contributed by atoms with Gasteiger partial charge in [0, 0.05) is 12.6 Å². The van der Waals surface area contributed by atoms with Gasteiger partial charge in [-0.1, -0.05) is 51.1 Å². The Bertz CT molecular complexity index is 453. The van der Waals surface area contributed by atoms with E-state index >= 15 is 0 Å². The van der Waals surface area contributed by atoms with Gasteiger partial charge in [-0.05, 0) is 24.9 Å². The van der Waals surface area contributed by atoms with Crippen LogP contribution in [0.1, 0.15) is 33.3 Å². The van der Waals surface area contributed by atoms with Crippen LogP contribution >= 0.6 is 0 Å². The van der Waals surface area contributed by atoms with Gasteiger partial charge >= 0.3 is 0 Å². The van der Waals surface area contributed by atoms with Gasteiger partial charge in [-0.15, -0.1) is 0 Å². The summed E-state index contributed by atoms with van der Waals surface area (Å²) in [5.74, 6) is -0.503. The highest BCUT2D eigenvalue weighted by Gasteiger charge is 2.37. The highest BCUT2D eigenvalue weighted by Crippen LogP contribution is 2.26. The topological polar surface area (TPSA) is 72.3 Å². The Morgan fingerprint density at radius 1 is 1.25 bits per heavy atom. The van der Waals surface area contributed by atoms with Gasteiger partial charge in [-0.25, -0.2) is 0 Å². The van der Waals surface area contributed by atoms with Crippen molar-refractivity contribution in [2.24, 2.45) is 16.9 Å². The van der Waals surface area contributed by atoms with Gasteiger partial charge in [0.15, 0.2) is 0 Å². The molecule has 0 saturated carbocycles. The van der Waals surface area contributed by atoms with Gasteiger partial charge in [0.25, 0.3) is 0 Å². The van der Waals surface area contributed by atoms with Crippen molar-refractivity contribution < 1.29 is 4.79 Å². The molecular formula is C16H27N3O. The Balaban J connectivity index is 3.03. The highest BCUT2D eigenvalue weighted by molar-refractivity contribution is 5.86. The van der Waals surface area contributed by atoms with Crippen molar-refractivity contribution in [3.05, 3.63) is 35.9 Å². The zero-order valence-corrected chi connectivity index (χ0v) is 13.2. The Labute approximate surface area is 122 Å². The average Bonchev–Trinajstić information content (AvgIpc) is 2.37. The second kappa shape index (κ2) is 5.94. The molecule has 112 valence electrons. The van der Waals surface area contributed by atoms with E-state index in [1.165, 1.54) is 0 Å². The summed E-state index contributed by atoms with van der Waals surface area (Å²) in [4.78, 5) is 14.0. The zero-order chi connectivity index (χ0) is 15.6. The number of carbonyl (C=O) groups excluding carboxylic acids is 1. The SMILES string of the molecule is CC(N(C)CC(N)(C(N)=O)c1ccccc1)C(C)(C)C. The molecule has 4 nitrogen and oxygen atoms in total. The predicted octanol–water partition coefficient (Wildman–Crippen LogP) is 1.69. The van der Waals surface area contributed by atoms with E-state index in [9.17, 15) is 4.79 Å². The summed E-state index contributed by atoms with van der Waals surface area (Å²) in [6.07, 6.45) is 0. The number of carbonyl (C=O) groups is 1. The fraction of sp³-hybridized carbons (Fsp3) is 0.562. The quantitative estimate of drug-likeness (QED) is 0.860. The highest BCUT2D eigenvalue weighted by atomic mass is 16.1. The Hall–Kier alpha value is -1.39. The maximum absolute atomic E-state index is 11.9. The molecule has 0 radical (unpaired) electrons. The smallest absolute Gasteiger partial charge is 0.243 e. The minimum Gasteiger partial charge on any atom is -0.368 e. The first-order valence-electron chi connectivity index (χ1n) is 6.93. The fourth-order valence-electron chi connectivity index (χ4n) is 2.24. The molecule has 0 aromatic heterocycles. The number of hydrogen-bond acceptors (Lipinski definition) is 3. The Morgan fingerprint density at radius 3 is 2.15 bits per heavy atom. The van der Waals surface area contributed by atoms with Crippen molar-refractivity contribution in [2.45, 2.75) is 39.3 Å². The van der Waals surface area contributed by atoms with Crippen LogP contribution in [0.25, 0.3) is 0 Å². The number of hydrogen-bond donors (Lipinski definition) is 2. The first kappa shape index (κ1) is 16.7. The third-order valence-corrected chi connectivity index (χ3v) is 4.14. The summed E-state index contributed by atoms with van der Waals surface area (Å²) >= 11 is 0. The van der Waals surface area contributed by atoms with E-state index in [4.69, 9.17) is 11.5 Å². The molecule has 0 heterocycles. The van der Waals surface area contributed by atoms with Crippen molar-refractivity contribution in [3.8, 4) is 0 Å². The maximum atomic E-state index is 11.9. The van der Waals surface area contributed by atoms with E-state index in [0.717, 1.165) is 5.56 Å². The molecule has 0 spiro atoms. The molecule has 0 bridgehead atoms. The lowest BCUT2D eigenvalue weighted by Gasteiger charge is -2.39. The number of likely N-dealkylation sites (N-methyl/N-ethyl adjacent to an activating group) is 1. The van der Waals surface area contributed by atoms with Crippen LogP contribution in [0.2, 0.25) is 0 Å². The first-order valence-corrected chi connectivity index (χ1v) is 6.93. The number of rotatable bonds is 5. The van der Waals surface area contributed by atoms with Crippen molar-refractivity contribution in [1.82, 2.24) is 4.90 Å². The Morgan fingerprint density at radius 2 is 1.75 bits per heavy atom. The number of nitrogens with zero attached hydrogens (tertiary/aromatic N) is 1. The van der Waals surface area contributed by atoms with Crippen molar-refractivity contribution in [3.63, 3.8) is 0 Å². The molecule has 2 unspecified atom stereocenters. The first-order chi connectivity index (χ1) is 9.09. The van der Waals surface area contributed by atoms with E-state index in [-0.39, 0.29) is 11.5 Å². The van der Waals surface area contributed by atoms with Crippen LogP contribution in [0, 0.1) is 5.41 Å². The molecule has 1 aromatic carbocycles. The van der Waals surface area contributed by atoms with Crippen LogP contribution in [0.3, 0.4) is 0 Å². The van der Waals surface area contributed by atoms with Gasteiger partial charge in [0.05, 0.1) is 0 Å². The van der Waals surface area contributed by atoms with E-state index in [1.54, 1.807) is 0 Å². The molecule has 0 fully saturated rings. The molecule has 2 atom stereocenters. The van der Waals surface area contributed by atoms with Gasteiger partial charge in [-0.3, -0.25) is 4.79 Å². The van der Waals surface area contributed by atoms with Crippen molar-refractivity contribution in [1.29, 1.82) is 0 Å². The summed E-state index contributed by atoms with van der Waals surface area (Å²) in [5, 5.41) is 0. The largest absolute Gasteiger partial charge is 0.368 e. The fourth-order valence-corrected chi connectivity index (χ4v) is 2.24. The molecule has 20 heavy (non-hydrogen) atoms. The number of nitrogens with two attached hydrogens (primary N) is 2. The van der Waals surface area contributed by atoms with E-state index in [0.29, 0.717) is 6.54 Å². The lowest BCUT2D eigenvalue weighted by Crippen LogP contribution is -2.58. The molecule has 1 aromatic rings. The molecular weight excluding hydrogens is 250 g/mol. The summed E-state index contributed by atoms with van der Waals surface area (Å²) in [6, 6.07) is 9.60. The maximum Gasteiger partial charge on any atom is 0.243 e. The molecule has 4 heteroatoms. The summed E-state index contributed by atoms with van der Waals surface area (Å²) in [5.41, 5.74) is 11.6. The molecule has 1 rings (SSSR count). The third-order valence-electron chi connectivity index (χ3n) is 4.14. The second-order valence-electron chi connectivity index (χ2n) is 6.66. The molecule has 1 amide bonds. The van der Waals surface area contributed by atoms with E-state index in [1.807, 2.05) is 37.4 Å². The van der Waals surface area contributed by atoms with Gasteiger partial charge < -0.3 is 16.4 Å². The number of primary amides is 1. The van der Waals surface area contributed by atoms with Crippen LogP contribution in [-0.2, 0) is 10.3 Å². The Kier molecular flexibility index (Phi) is 4.95. The molecule has 0 aliphatic carbocycles. The van der Waals surface area contributed by atoms with Crippen molar-refractivity contribution in [2.75, 3.05) is 13.6 Å². The second-order valence-corrected chi connectivity index (χ2v) is 6.66. The van der Waals surface area contributed by atoms with Gasteiger partial charge in [0.2, 0.25) is 5.91 Å². The summed E-state index contributed by atoms with van der Waals surface area (Å²) in [7, 11) is 1.98. The lowest BCUT2D eigenvalue weighted by atomic mass is 9.84. The van der Waals surface area contributed by atoms with Crippen LogP contribution in [0.4, 0.5) is 0 Å². The zero-order valence-electron chi connectivity index (χ0n) is 13.2. The summed E-state index contributed by atoms with van der Waals surface area (Å²) < 4.78 is 0. The van der Waals surface area contributed by atoms with E-state index in [2.05, 4.69) is 32.6 Å². The van der Waals surface area contributed by atoms with Gasteiger partial charge in [0.1, 0.15) is 5.54 Å². The number of amides is 1. The van der Waals surface area contributed by atoms with Crippen LogP contribution in [-0.4, -0.2) is 30.4 Å². The minimum atomic E-state index is -1.17. The molecule has 0 saturated heterocycles. The molecule has 4 N–H and O–H groups in total. The third kappa shape index (κ3) is 3.58.